The van der Waals surface area contributed by atoms with E-state index in [4.69, 9.17) is 4.74 Å². The number of aromatic nitrogens is 1. The lowest BCUT2D eigenvalue weighted by molar-refractivity contribution is -0.136. The van der Waals surface area contributed by atoms with Gasteiger partial charge in [-0.2, -0.15) is 5.26 Å². The minimum Gasteiger partial charge on any atom is -0.393 e. The smallest absolute Gasteiger partial charge is 0.224 e. The molecule has 142 valence electrons. The molecule has 2 fully saturated rings. The first-order chi connectivity index (χ1) is 12.6. The summed E-state index contributed by atoms with van der Waals surface area (Å²) < 4.78 is 7.57. The molecule has 0 aliphatic carbocycles. The summed E-state index contributed by atoms with van der Waals surface area (Å²) in [6.45, 7) is 6.81. The van der Waals surface area contributed by atoms with Gasteiger partial charge in [-0.05, 0) is 31.4 Å². The maximum Gasteiger partial charge on any atom is 0.224 e. The largest absolute Gasteiger partial charge is 0.393 e. The van der Waals surface area contributed by atoms with Crippen LogP contribution in [0.15, 0.2) is 12.3 Å². The average Bonchev–Trinajstić information content (AvgIpc) is 3.06. The number of nitriles is 1. The molecule has 1 aromatic rings. The van der Waals surface area contributed by atoms with Crippen molar-refractivity contribution in [3.05, 3.63) is 23.5 Å². The van der Waals surface area contributed by atoms with E-state index in [1.54, 1.807) is 0 Å². The lowest BCUT2D eigenvalue weighted by atomic mass is 10.1. The third-order valence-electron chi connectivity index (χ3n) is 5.37. The number of carbonyl (C=O) groups is 1. The van der Waals surface area contributed by atoms with Crippen molar-refractivity contribution >= 4 is 5.91 Å². The summed E-state index contributed by atoms with van der Waals surface area (Å²) in [7, 11) is 0. The third kappa shape index (κ3) is 4.44. The molecule has 7 nitrogen and oxygen atoms in total. The molecule has 3 heterocycles. The number of rotatable bonds is 5. The van der Waals surface area contributed by atoms with Crippen LogP contribution in [0.2, 0.25) is 0 Å². The zero-order valence-electron chi connectivity index (χ0n) is 15.4. The van der Waals surface area contributed by atoms with Crippen LogP contribution in [-0.2, 0) is 22.6 Å². The predicted octanol–water partition coefficient (Wildman–Crippen LogP) is 0.954. The number of likely N-dealkylation sites (tertiary alicyclic amines) is 1. The van der Waals surface area contributed by atoms with E-state index in [0.717, 1.165) is 25.2 Å². The second-order valence-electron chi connectivity index (χ2n) is 7.15. The lowest BCUT2D eigenvalue weighted by Crippen LogP contribution is -2.49. The number of carbonyl (C=O) groups excluding carboxylic acids is 1. The van der Waals surface area contributed by atoms with Gasteiger partial charge >= 0.3 is 0 Å². The van der Waals surface area contributed by atoms with Gasteiger partial charge in [-0.1, -0.05) is 0 Å². The minimum absolute atomic E-state index is 0.0543. The summed E-state index contributed by atoms with van der Waals surface area (Å²) in [6, 6.07) is 4.22. The zero-order chi connectivity index (χ0) is 18.5. The minimum atomic E-state index is -0.273. The van der Waals surface area contributed by atoms with Crippen LogP contribution >= 0.6 is 0 Å². The van der Waals surface area contributed by atoms with Crippen molar-refractivity contribution in [2.24, 2.45) is 0 Å². The zero-order valence-corrected chi connectivity index (χ0v) is 15.4. The van der Waals surface area contributed by atoms with Crippen molar-refractivity contribution in [3.8, 4) is 6.07 Å². The Balaban J connectivity index is 1.61. The van der Waals surface area contributed by atoms with Crippen LogP contribution in [-0.4, -0.2) is 70.4 Å². The van der Waals surface area contributed by atoms with E-state index in [-0.39, 0.29) is 18.1 Å². The highest BCUT2D eigenvalue weighted by Crippen LogP contribution is 2.19. The Labute approximate surface area is 154 Å². The first-order valence-corrected chi connectivity index (χ1v) is 9.47. The summed E-state index contributed by atoms with van der Waals surface area (Å²) in [4.78, 5) is 16.8. The van der Waals surface area contributed by atoms with E-state index in [1.807, 2.05) is 28.7 Å². The maximum atomic E-state index is 12.6. The van der Waals surface area contributed by atoms with Crippen LogP contribution < -0.4 is 0 Å². The molecule has 0 saturated carbocycles. The molecule has 1 amide bonds. The molecule has 26 heavy (non-hydrogen) atoms. The Hall–Kier alpha value is -1.88. The van der Waals surface area contributed by atoms with E-state index in [0.29, 0.717) is 51.3 Å². The number of piperidine rings is 1. The monoisotopic (exact) mass is 360 g/mol. The molecule has 0 spiro atoms. The van der Waals surface area contributed by atoms with Gasteiger partial charge < -0.3 is 19.3 Å². The van der Waals surface area contributed by atoms with Gasteiger partial charge in [0.15, 0.2) is 0 Å². The number of aliphatic hydroxyl groups is 1. The van der Waals surface area contributed by atoms with Gasteiger partial charge in [0.05, 0.1) is 19.3 Å². The fraction of sp³-hybridized carbons (Fsp3) is 0.684. The number of aliphatic hydroxyl groups excluding tert-OH is 1. The Kier molecular flexibility index (Phi) is 6.30. The van der Waals surface area contributed by atoms with E-state index in [9.17, 15) is 15.2 Å². The molecule has 2 aliphatic rings. The van der Waals surface area contributed by atoms with Crippen LogP contribution in [0.1, 0.15) is 37.4 Å². The van der Waals surface area contributed by atoms with E-state index in [1.165, 1.54) is 0 Å². The summed E-state index contributed by atoms with van der Waals surface area (Å²) in [6.07, 6.45) is 3.52. The fourth-order valence-electron chi connectivity index (χ4n) is 3.78. The van der Waals surface area contributed by atoms with Crippen molar-refractivity contribution in [2.45, 2.75) is 51.4 Å². The van der Waals surface area contributed by atoms with Crippen LogP contribution in [0, 0.1) is 11.3 Å². The molecule has 0 radical (unpaired) electrons. The van der Waals surface area contributed by atoms with Gasteiger partial charge in [0, 0.05) is 51.4 Å². The Morgan fingerprint density at radius 1 is 1.38 bits per heavy atom. The highest BCUT2D eigenvalue weighted by atomic mass is 16.5. The van der Waals surface area contributed by atoms with Gasteiger partial charge in [0.25, 0.3) is 0 Å². The molecule has 7 heteroatoms. The van der Waals surface area contributed by atoms with Crippen molar-refractivity contribution < 1.29 is 14.6 Å². The summed E-state index contributed by atoms with van der Waals surface area (Å²) in [5, 5.41) is 18.8. The van der Waals surface area contributed by atoms with Gasteiger partial charge in [-0.15, -0.1) is 0 Å². The van der Waals surface area contributed by atoms with Crippen LogP contribution in [0.4, 0.5) is 0 Å². The van der Waals surface area contributed by atoms with Gasteiger partial charge in [-0.3, -0.25) is 9.69 Å². The van der Waals surface area contributed by atoms with Gasteiger partial charge in [-0.25, -0.2) is 0 Å². The Morgan fingerprint density at radius 2 is 2.15 bits per heavy atom. The molecule has 1 N–H and O–H groups in total. The quantitative estimate of drug-likeness (QED) is 0.846. The van der Waals surface area contributed by atoms with Crippen LogP contribution in [0.3, 0.4) is 0 Å². The molecular weight excluding hydrogens is 332 g/mol. The standard InChI is InChI=1S/C19H28N4O3/c1-2-21-12-15(9-16(21)11-20)13-23-7-8-26-14-17(23)10-19(25)22-5-3-18(24)4-6-22/h9,12,17-18,24H,2-8,10,13-14H2,1H3/t17-/m1/s1. The number of morpholine rings is 1. The second-order valence-corrected chi connectivity index (χ2v) is 7.15. The number of amides is 1. The molecule has 1 aromatic heterocycles. The van der Waals surface area contributed by atoms with Crippen LogP contribution in [0.5, 0.6) is 0 Å². The summed E-state index contributed by atoms with van der Waals surface area (Å²) >= 11 is 0. The molecule has 0 bridgehead atoms. The van der Waals surface area contributed by atoms with Crippen molar-refractivity contribution in [2.75, 3.05) is 32.8 Å². The van der Waals surface area contributed by atoms with Crippen LogP contribution in [0.25, 0.3) is 0 Å². The highest BCUT2D eigenvalue weighted by molar-refractivity contribution is 5.77. The number of ether oxygens (including phenoxy) is 1. The molecule has 2 aliphatic heterocycles. The van der Waals surface area contributed by atoms with Crippen molar-refractivity contribution in [1.29, 1.82) is 5.26 Å². The molecule has 0 aromatic carbocycles. The molecular formula is C19H28N4O3. The second kappa shape index (κ2) is 8.67. The van der Waals surface area contributed by atoms with E-state index < -0.39 is 0 Å². The number of nitrogens with zero attached hydrogens (tertiary/aromatic N) is 4. The first-order valence-electron chi connectivity index (χ1n) is 9.47. The van der Waals surface area contributed by atoms with Crippen molar-refractivity contribution in [1.82, 2.24) is 14.4 Å². The topological polar surface area (TPSA) is 81.7 Å². The Morgan fingerprint density at radius 3 is 2.81 bits per heavy atom. The fourth-order valence-corrected chi connectivity index (χ4v) is 3.78. The van der Waals surface area contributed by atoms with Gasteiger partial charge in [0.2, 0.25) is 5.91 Å². The third-order valence-corrected chi connectivity index (χ3v) is 5.37. The van der Waals surface area contributed by atoms with Gasteiger partial charge in [0.1, 0.15) is 11.8 Å². The number of hydrogen-bond acceptors (Lipinski definition) is 5. The molecule has 2 saturated heterocycles. The summed E-state index contributed by atoms with van der Waals surface area (Å²) in [5.74, 6) is 0.140. The lowest BCUT2D eigenvalue weighted by Gasteiger charge is -2.37. The average molecular weight is 360 g/mol. The predicted molar refractivity (Wildman–Crippen MR) is 96.3 cm³/mol. The molecule has 3 rings (SSSR count). The molecule has 0 unspecified atom stereocenters. The van der Waals surface area contributed by atoms with Crippen molar-refractivity contribution in [3.63, 3.8) is 0 Å². The normalized spacial score (nSPS) is 22.3. The first kappa shape index (κ1) is 18.9. The summed E-state index contributed by atoms with van der Waals surface area (Å²) in [5.41, 5.74) is 1.78. The van der Waals surface area contributed by atoms with E-state index >= 15 is 0 Å². The number of aryl methyl sites for hydroxylation is 1. The SMILES string of the molecule is CCn1cc(CN2CCOC[C@H]2CC(=O)N2CCC(O)CC2)cc1C#N. The maximum absolute atomic E-state index is 12.6. The Bertz CT molecular complexity index is 658. The molecule has 1 atom stereocenters. The van der Waals surface area contributed by atoms with E-state index in [2.05, 4.69) is 11.0 Å². The number of hydrogen-bond donors (Lipinski definition) is 1. The highest BCUT2D eigenvalue weighted by Gasteiger charge is 2.29.